The van der Waals surface area contributed by atoms with E-state index in [1.807, 2.05) is 18.2 Å². The van der Waals surface area contributed by atoms with E-state index in [0.717, 1.165) is 11.1 Å². The average molecular weight is 465 g/mol. The van der Waals surface area contributed by atoms with E-state index in [1.165, 1.54) is 18.2 Å². The molecule has 0 unspecified atom stereocenters. The molecule has 32 heavy (non-hydrogen) atoms. The molecule has 0 spiro atoms. The van der Waals surface area contributed by atoms with Crippen LogP contribution in [0.15, 0.2) is 42.7 Å². The van der Waals surface area contributed by atoms with Gasteiger partial charge in [0.25, 0.3) is 0 Å². The van der Waals surface area contributed by atoms with Crippen molar-refractivity contribution in [3.05, 3.63) is 70.4 Å². The zero-order valence-electron chi connectivity index (χ0n) is 17.7. The second-order valence-corrected chi connectivity index (χ2v) is 9.95. The molecule has 0 atom stereocenters. The number of pyridine rings is 2. The lowest BCUT2D eigenvalue weighted by Gasteiger charge is -2.14. The van der Waals surface area contributed by atoms with E-state index in [1.54, 1.807) is 19.3 Å². The van der Waals surface area contributed by atoms with Crippen LogP contribution in [0.5, 0.6) is 0 Å². The molecule has 9 heteroatoms. The molecule has 0 radical (unpaired) electrons. The fraction of sp³-hybridized carbons (Fsp3) is 0.174. The van der Waals surface area contributed by atoms with Gasteiger partial charge in [-0.05, 0) is 58.5 Å². The Hall–Kier alpha value is -3.20. The highest BCUT2D eigenvalue weighted by molar-refractivity contribution is 7.63. The Bertz CT molecular complexity index is 1350. The monoisotopic (exact) mass is 464 g/mol. The van der Waals surface area contributed by atoms with Gasteiger partial charge < -0.3 is 5.32 Å². The molecule has 0 aliphatic rings. The predicted molar refractivity (Wildman–Crippen MR) is 127 cm³/mol. The molecule has 0 amide bonds. The largest absolute Gasteiger partial charge is 0.378 e. The van der Waals surface area contributed by atoms with Crippen LogP contribution in [0.1, 0.15) is 16.8 Å². The Morgan fingerprint density at radius 2 is 1.88 bits per heavy atom. The lowest BCUT2D eigenvalue weighted by Crippen LogP contribution is -2.09. The molecule has 0 aliphatic heterocycles. The molecule has 1 N–H and O–H groups in total. The van der Waals surface area contributed by atoms with E-state index in [4.69, 9.17) is 21.8 Å². The number of halogens is 2. The molecule has 3 heterocycles. The van der Waals surface area contributed by atoms with Gasteiger partial charge in [-0.2, -0.15) is 5.26 Å². The van der Waals surface area contributed by atoms with Crippen molar-refractivity contribution < 1.29 is 4.39 Å². The van der Waals surface area contributed by atoms with Crippen molar-refractivity contribution in [2.24, 2.45) is 0 Å². The molecule has 3 aromatic heterocycles. The highest BCUT2D eigenvalue weighted by Gasteiger charge is 2.15. The number of anilines is 1. The minimum atomic E-state index is -0.402. The topological polar surface area (TPSA) is 87.4 Å². The Morgan fingerprint density at radius 3 is 2.56 bits per heavy atom. The molecule has 160 valence electrons. The third kappa shape index (κ3) is 4.38. The fourth-order valence-electron chi connectivity index (χ4n) is 3.21. The fourth-order valence-corrected chi connectivity index (χ4v) is 3.99. The normalized spacial score (nSPS) is 11.0. The van der Waals surface area contributed by atoms with Crippen LogP contribution < -0.4 is 10.9 Å². The molecule has 0 fully saturated rings. The van der Waals surface area contributed by atoms with Crippen molar-refractivity contribution in [3.63, 3.8) is 0 Å². The number of benzene rings is 1. The quantitative estimate of drug-likeness (QED) is 0.416. The number of aromatic nitrogens is 4. The number of nitrogens with one attached hydrogen (secondary N) is 1. The van der Waals surface area contributed by atoms with E-state index in [9.17, 15) is 4.39 Å². The number of aryl methyl sites for hydroxylation is 1. The first-order valence-corrected chi connectivity index (χ1v) is 12.4. The van der Waals surface area contributed by atoms with Gasteiger partial charge >= 0.3 is 0 Å². The van der Waals surface area contributed by atoms with Crippen molar-refractivity contribution in [2.75, 3.05) is 18.6 Å². The number of nitrogens with zero attached hydrogens (tertiary/aromatic N) is 5. The molecule has 4 rings (SSSR count). The smallest absolute Gasteiger partial charge is 0.149 e. The molecule has 0 saturated heterocycles. The number of hydrogen-bond acceptors (Lipinski definition) is 6. The Morgan fingerprint density at radius 1 is 1.12 bits per heavy atom. The maximum Gasteiger partial charge on any atom is 0.149 e. The summed E-state index contributed by atoms with van der Waals surface area (Å²) in [6.45, 7) is 6.14. The van der Waals surface area contributed by atoms with Gasteiger partial charge in [0.15, 0.2) is 0 Å². The van der Waals surface area contributed by atoms with Crippen LogP contribution >= 0.6 is 19.5 Å². The number of rotatable bonds is 5. The van der Waals surface area contributed by atoms with Crippen LogP contribution in [-0.2, 0) is 6.54 Å². The second kappa shape index (κ2) is 9.12. The molecular weight excluding hydrogens is 446 g/mol. The Kier molecular flexibility index (Phi) is 6.27. The van der Waals surface area contributed by atoms with Crippen LogP contribution in [0.25, 0.3) is 22.3 Å². The summed E-state index contributed by atoms with van der Waals surface area (Å²) >= 11 is 6.56. The zero-order chi connectivity index (χ0) is 22.8. The van der Waals surface area contributed by atoms with Gasteiger partial charge in [-0.15, -0.1) is 0 Å². The summed E-state index contributed by atoms with van der Waals surface area (Å²) in [6, 6.07) is 9.99. The van der Waals surface area contributed by atoms with E-state index in [0.29, 0.717) is 44.3 Å². The van der Waals surface area contributed by atoms with Gasteiger partial charge in [0, 0.05) is 30.1 Å². The van der Waals surface area contributed by atoms with E-state index >= 15 is 0 Å². The van der Waals surface area contributed by atoms with Crippen LogP contribution in [0.2, 0.25) is 5.02 Å². The van der Waals surface area contributed by atoms with Gasteiger partial charge in [0.1, 0.15) is 16.9 Å². The predicted octanol–water partition coefficient (Wildman–Crippen LogP) is 5.04. The summed E-state index contributed by atoms with van der Waals surface area (Å²) in [4.78, 5) is 18.2. The van der Waals surface area contributed by atoms with Gasteiger partial charge in [-0.1, -0.05) is 11.6 Å². The van der Waals surface area contributed by atoms with Gasteiger partial charge in [0.2, 0.25) is 0 Å². The average Bonchev–Trinajstić information content (AvgIpc) is 2.80. The maximum atomic E-state index is 14.3. The van der Waals surface area contributed by atoms with Crippen molar-refractivity contribution in [2.45, 2.75) is 13.5 Å². The summed E-state index contributed by atoms with van der Waals surface area (Å²) in [5.41, 5.74) is 5.45. The molecule has 0 saturated carbocycles. The summed E-state index contributed by atoms with van der Waals surface area (Å²) in [5, 5.41) is 12.7. The second-order valence-electron chi connectivity index (χ2n) is 7.39. The first kappa shape index (κ1) is 22.0. The number of nitriles is 1. The van der Waals surface area contributed by atoms with E-state index < -0.39 is 5.82 Å². The first-order chi connectivity index (χ1) is 15.4. The summed E-state index contributed by atoms with van der Waals surface area (Å²) in [7, 11) is -0.383. The summed E-state index contributed by atoms with van der Waals surface area (Å²) in [6.07, 6.45) is 3.52. The number of fused-ring (bicyclic) bond motifs is 1. The van der Waals surface area contributed by atoms with Crippen LogP contribution in [0.3, 0.4) is 0 Å². The van der Waals surface area contributed by atoms with Gasteiger partial charge in [-0.3, -0.25) is 0 Å². The third-order valence-corrected chi connectivity index (χ3v) is 6.39. The molecule has 0 bridgehead atoms. The lowest BCUT2D eigenvalue weighted by atomic mass is 10.1. The summed E-state index contributed by atoms with van der Waals surface area (Å²) < 4.78 is 14.3. The van der Waals surface area contributed by atoms with Crippen molar-refractivity contribution in [1.29, 1.82) is 5.26 Å². The third-order valence-electron chi connectivity index (χ3n) is 4.90. The van der Waals surface area contributed by atoms with Crippen molar-refractivity contribution in [1.82, 2.24) is 19.9 Å². The highest BCUT2D eigenvalue weighted by atomic mass is 35.5. The highest BCUT2D eigenvalue weighted by Crippen LogP contribution is 2.33. The standard InChI is InChI=1S/C23H19ClFN6P/c1-13-20(24)22(27-10-15-8-14(9-26)4-5-17(15)25)21-19(30-13)7-6-18(31-21)16-11-28-23(29-12-16)32(2)3/h4-8,11-12H,10H2,1-3H3,(H,27,30). The first-order valence-electron chi connectivity index (χ1n) is 9.76. The zero-order valence-corrected chi connectivity index (χ0v) is 19.3. The molecule has 0 aliphatic carbocycles. The molecule has 1 aromatic carbocycles. The molecular formula is C23H19ClFN6P. The van der Waals surface area contributed by atoms with E-state index in [-0.39, 0.29) is 14.5 Å². The van der Waals surface area contributed by atoms with Crippen molar-refractivity contribution in [3.8, 4) is 17.3 Å². The van der Waals surface area contributed by atoms with Crippen LogP contribution in [0, 0.1) is 24.1 Å². The van der Waals surface area contributed by atoms with Crippen LogP contribution in [0.4, 0.5) is 10.1 Å². The van der Waals surface area contributed by atoms with Gasteiger partial charge in [0.05, 0.1) is 39.2 Å². The number of hydrogen-bond donors (Lipinski definition) is 1. The molecule has 4 aromatic rings. The minimum Gasteiger partial charge on any atom is -0.378 e. The minimum absolute atomic E-state index is 0.139. The molecule has 6 nitrogen and oxygen atoms in total. The maximum absolute atomic E-state index is 14.3. The van der Waals surface area contributed by atoms with E-state index in [2.05, 4.69) is 33.6 Å². The lowest BCUT2D eigenvalue weighted by molar-refractivity contribution is 0.613. The summed E-state index contributed by atoms with van der Waals surface area (Å²) in [5.74, 6) is -0.402. The SMILES string of the molecule is Cc1nc2ccc(-c3cnc(P(C)C)nc3)nc2c(NCc2cc(C#N)ccc2F)c1Cl. The van der Waals surface area contributed by atoms with Crippen molar-refractivity contribution >= 4 is 41.8 Å². The van der Waals surface area contributed by atoms with Crippen LogP contribution in [-0.4, -0.2) is 33.3 Å². The Labute approximate surface area is 191 Å². The van der Waals surface area contributed by atoms with Gasteiger partial charge in [-0.25, -0.2) is 24.3 Å². The Balaban J connectivity index is 1.75.